The molecule has 7 N–H and O–H groups in total. The average molecular weight is 887 g/mol. The topological polar surface area (TPSA) is 172 Å². The molecular formula is C51H102N2O9. The van der Waals surface area contributed by atoms with Gasteiger partial charge in [0.1, 0.15) is 30.5 Å². The van der Waals surface area contributed by atoms with E-state index in [4.69, 9.17) is 9.47 Å². The highest BCUT2D eigenvalue weighted by Gasteiger charge is 2.44. The van der Waals surface area contributed by atoms with Gasteiger partial charge in [-0.1, -0.05) is 201 Å². The first-order valence-corrected chi connectivity index (χ1v) is 26.5. The van der Waals surface area contributed by atoms with Gasteiger partial charge >= 0.3 is 0 Å². The van der Waals surface area contributed by atoms with Gasteiger partial charge in [-0.05, 0) is 51.7 Å². The number of carbonyl (C=O) groups excluding carboxylic acids is 1. The van der Waals surface area contributed by atoms with Crippen molar-refractivity contribution < 1.29 is 44.9 Å². The molecule has 0 spiro atoms. The molecule has 1 saturated heterocycles. The van der Waals surface area contributed by atoms with Crippen molar-refractivity contribution in [1.29, 1.82) is 0 Å². The van der Waals surface area contributed by atoms with Gasteiger partial charge in [0.05, 0.1) is 25.4 Å². The van der Waals surface area contributed by atoms with Crippen LogP contribution in [0.25, 0.3) is 0 Å². The third-order valence-electron chi connectivity index (χ3n) is 13.1. The van der Waals surface area contributed by atoms with E-state index < -0.39 is 55.6 Å². The van der Waals surface area contributed by atoms with Crippen molar-refractivity contribution in [3.63, 3.8) is 0 Å². The summed E-state index contributed by atoms with van der Waals surface area (Å²) in [7, 11) is 0. The molecule has 0 aromatic carbocycles. The summed E-state index contributed by atoms with van der Waals surface area (Å²) in [4.78, 5) is 15.9. The minimum absolute atomic E-state index is 0.254. The molecule has 0 saturated carbocycles. The van der Waals surface area contributed by atoms with E-state index in [0.717, 1.165) is 44.9 Å². The Morgan fingerprint density at radius 2 is 0.935 bits per heavy atom. The number of amides is 1. The van der Waals surface area contributed by atoms with Gasteiger partial charge < -0.3 is 50.3 Å². The van der Waals surface area contributed by atoms with Gasteiger partial charge in [-0.3, -0.25) is 4.79 Å². The average Bonchev–Trinajstić information content (AvgIpc) is 3.27. The summed E-state index contributed by atoms with van der Waals surface area (Å²) in [6.45, 7) is 9.57. The van der Waals surface area contributed by atoms with Gasteiger partial charge in [0.15, 0.2) is 6.29 Å². The van der Waals surface area contributed by atoms with Gasteiger partial charge in [-0.15, -0.1) is 0 Å². The fourth-order valence-corrected chi connectivity index (χ4v) is 8.79. The smallest absolute Gasteiger partial charge is 0.220 e. The molecule has 1 fully saturated rings. The Labute approximate surface area is 380 Å². The van der Waals surface area contributed by atoms with Crippen LogP contribution in [0.5, 0.6) is 0 Å². The Morgan fingerprint density at radius 3 is 1.35 bits per heavy atom. The molecular weight excluding hydrogens is 785 g/mol. The van der Waals surface area contributed by atoms with Crippen molar-refractivity contribution in [1.82, 2.24) is 10.2 Å². The number of nitrogens with one attached hydrogen (secondary N) is 1. The molecule has 1 aliphatic heterocycles. The van der Waals surface area contributed by atoms with Crippen LogP contribution >= 0.6 is 0 Å². The predicted octanol–water partition coefficient (Wildman–Crippen LogP) is 9.63. The second-order valence-corrected chi connectivity index (χ2v) is 18.9. The molecule has 0 aromatic heterocycles. The van der Waals surface area contributed by atoms with Crippen molar-refractivity contribution in [2.75, 3.05) is 32.8 Å². The van der Waals surface area contributed by atoms with Gasteiger partial charge in [-0.2, -0.15) is 0 Å². The molecule has 1 amide bonds. The molecule has 8 atom stereocenters. The lowest BCUT2D eigenvalue weighted by atomic mass is 9.98. The molecule has 11 heteroatoms. The minimum Gasteiger partial charge on any atom is -0.394 e. The highest BCUT2D eigenvalue weighted by molar-refractivity contribution is 5.76. The van der Waals surface area contributed by atoms with Gasteiger partial charge in [0.2, 0.25) is 5.91 Å². The molecule has 11 nitrogen and oxygen atoms in total. The van der Waals surface area contributed by atoms with E-state index in [1.165, 1.54) is 174 Å². The predicted molar refractivity (Wildman–Crippen MR) is 254 cm³/mol. The number of aliphatic hydroxyl groups excluding tert-OH is 6. The van der Waals surface area contributed by atoms with Crippen LogP contribution < -0.4 is 5.32 Å². The summed E-state index contributed by atoms with van der Waals surface area (Å²) in [5, 5.41) is 65.6. The number of hydrogen-bond acceptors (Lipinski definition) is 10. The summed E-state index contributed by atoms with van der Waals surface area (Å²) < 4.78 is 11.2. The molecule has 0 unspecified atom stereocenters. The van der Waals surface area contributed by atoms with Crippen LogP contribution in [0.2, 0.25) is 0 Å². The normalized spacial score (nSPS) is 20.8. The molecule has 0 aliphatic carbocycles. The number of aliphatic hydroxyl groups is 6. The first-order chi connectivity index (χ1) is 30.2. The largest absolute Gasteiger partial charge is 0.394 e. The molecule has 0 radical (unpaired) electrons. The molecule has 1 heterocycles. The van der Waals surface area contributed by atoms with E-state index in [9.17, 15) is 35.4 Å². The molecule has 1 aliphatic rings. The van der Waals surface area contributed by atoms with Crippen LogP contribution in [0.15, 0.2) is 0 Å². The Bertz CT molecular complexity index is 962. The number of unbranched alkanes of at least 4 members (excludes halogenated alkanes) is 28. The minimum atomic E-state index is -1.61. The highest BCUT2D eigenvalue weighted by Crippen LogP contribution is 2.23. The first kappa shape index (κ1) is 59.1. The van der Waals surface area contributed by atoms with Gasteiger partial charge in [-0.25, -0.2) is 0 Å². The summed E-state index contributed by atoms with van der Waals surface area (Å²) in [5.41, 5.74) is 0. The molecule has 0 bridgehead atoms. The summed E-state index contributed by atoms with van der Waals surface area (Å²) in [6.07, 6.45) is 30.4. The van der Waals surface area contributed by atoms with Gasteiger partial charge in [0, 0.05) is 6.42 Å². The SMILES string of the molecule is CCCCCCCCCCCCCCC[C@@H](O)[C@@H](O)[C@H](CO[C@H]1O[C@H](CO)[C@H](O)[C@H](O)[C@H]1O)NC(=O)CCCCCCCCCN(CCCCCCCC)CCCCCCCC. The van der Waals surface area contributed by atoms with E-state index in [2.05, 4.69) is 31.0 Å². The fraction of sp³-hybridized carbons (Fsp3) is 0.980. The Balaban J connectivity index is 2.48. The van der Waals surface area contributed by atoms with Crippen LogP contribution in [0.3, 0.4) is 0 Å². The van der Waals surface area contributed by atoms with Crippen LogP contribution in [0, 0.1) is 0 Å². The van der Waals surface area contributed by atoms with E-state index >= 15 is 0 Å². The van der Waals surface area contributed by atoms with Crippen molar-refractivity contribution >= 4 is 5.91 Å². The summed E-state index contributed by atoms with van der Waals surface area (Å²) in [6, 6.07) is -0.992. The quantitative estimate of drug-likeness (QED) is 0.0292. The van der Waals surface area contributed by atoms with Crippen LogP contribution in [0.4, 0.5) is 0 Å². The van der Waals surface area contributed by atoms with Gasteiger partial charge in [0.25, 0.3) is 0 Å². The van der Waals surface area contributed by atoms with Crippen LogP contribution in [-0.2, 0) is 14.3 Å². The maximum atomic E-state index is 13.1. The maximum absolute atomic E-state index is 13.1. The lowest BCUT2D eigenvalue weighted by Gasteiger charge is -2.40. The van der Waals surface area contributed by atoms with Crippen LogP contribution in [0.1, 0.15) is 239 Å². The monoisotopic (exact) mass is 887 g/mol. The number of rotatable bonds is 45. The van der Waals surface area contributed by atoms with E-state index in [1.807, 2.05) is 0 Å². The summed E-state index contributed by atoms with van der Waals surface area (Å²) >= 11 is 0. The zero-order valence-electron chi connectivity index (χ0n) is 40.6. The van der Waals surface area contributed by atoms with E-state index in [0.29, 0.717) is 12.8 Å². The third-order valence-corrected chi connectivity index (χ3v) is 13.1. The lowest BCUT2D eigenvalue weighted by Crippen LogP contribution is -2.60. The Hall–Kier alpha value is -0.890. The second-order valence-electron chi connectivity index (χ2n) is 18.9. The second kappa shape index (κ2) is 41.5. The van der Waals surface area contributed by atoms with Crippen molar-refractivity contribution in [3.8, 4) is 0 Å². The third kappa shape index (κ3) is 30.3. The number of hydrogen-bond donors (Lipinski definition) is 7. The Morgan fingerprint density at radius 1 is 0.548 bits per heavy atom. The fourth-order valence-electron chi connectivity index (χ4n) is 8.79. The maximum Gasteiger partial charge on any atom is 0.220 e. The van der Waals surface area contributed by atoms with Crippen molar-refractivity contribution in [2.45, 2.75) is 288 Å². The molecule has 62 heavy (non-hydrogen) atoms. The lowest BCUT2D eigenvalue weighted by molar-refractivity contribution is -0.303. The van der Waals surface area contributed by atoms with Crippen molar-refractivity contribution in [3.05, 3.63) is 0 Å². The number of nitrogens with zero attached hydrogens (tertiary/aromatic N) is 1. The van der Waals surface area contributed by atoms with E-state index in [1.54, 1.807) is 0 Å². The number of carbonyl (C=O) groups is 1. The standard InChI is InChI=1S/C51H102N2O9/c1-4-7-10-13-16-17-18-19-20-21-23-26-31-36-44(55)47(57)43(42-61-51-50(60)49(59)48(58)45(41-54)62-51)52-46(56)37-32-27-24-22-25-30-35-40-53(38-33-28-14-11-8-5-2)39-34-29-15-12-9-6-3/h43-45,47-51,54-55,57-60H,4-42H2,1-3H3,(H,52,56)/t43-,44+,45+,47-,48-,49-,50+,51-/m0/s1. The van der Waals surface area contributed by atoms with Crippen LogP contribution in [-0.4, -0.2) is 123 Å². The van der Waals surface area contributed by atoms with E-state index in [-0.39, 0.29) is 18.9 Å². The molecule has 1 rings (SSSR count). The zero-order valence-corrected chi connectivity index (χ0v) is 40.6. The highest BCUT2D eigenvalue weighted by atomic mass is 16.7. The number of ether oxygens (including phenoxy) is 2. The summed E-state index contributed by atoms with van der Waals surface area (Å²) in [5.74, 6) is -0.254. The molecule has 0 aromatic rings. The zero-order chi connectivity index (χ0) is 45.5. The van der Waals surface area contributed by atoms with Crippen molar-refractivity contribution in [2.24, 2.45) is 0 Å². The molecule has 370 valence electrons. The first-order valence-electron chi connectivity index (χ1n) is 26.5. The Kier molecular flexibility index (Phi) is 39.6.